The molecule has 2 aromatic carbocycles. The average molecular weight is 281 g/mol. The van der Waals surface area contributed by atoms with Crippen LogP contribution in [-0.4, -0.2) is 17.9 Å². The molecular weight excluding hydrogens is 262 g/mol. The maximum absolute atomic E-state index is 12.8. The number of anilines is 1. The van der Waals surface area contributed by atoms with Crippen molar-refractivity contribution in [1.82, 2.24) is 0 Å². The lowest BCUT2D eigenvalue weighted by atomic mass is 10.0. The molecule has 0 radical (unpaired) electrons. The highest BCUT2D eigenvalue weighted by atomic mass is 16.5. The Balaban J connectivity index is 1.84. The predicted molar refractivity (Wildman–Crippen MR) is 84.1 cm³/mol. The molecule has 3 nitrogen and oxygen atoms in total. The molecule has 0 saturated carbocycles. The van der Waals surface area contributed by atoms with E-state index in [9.17, 15) is 4.79 Å². The first-order valence-corrected chi connectivity index (χ1v) is 7.29. The van der Waals surface area contributed by atoms with Crippen LogP contribution in [-0.2, 0) is 6.42 Å². The minimum atomic E-state index is -0.209. The Bertz CT molecular complexity index is 639. The minimum absolute atomic E-state index is 0.0488. The number of hydrogen-bond acceptors (Lipinski definition) is 3. The lowest BCUT2D eigenvalue weighted by Crippen LogP contribution is -2.27. The van der Waals surface area contributed by atoms with E-state index in [2.05, 4.69) is 11.4 Å². The Morgan fingerprint density at radius 2 is 1.86 bits per heavy atom. The Labute approximate surface area is 124 Å². The molecule has 0 spiro atoms. The van der Waals surface area contributed by atoms with Gasteiger partial charge in [-0.15, -0.1) is 0 Å². The number of ether oxygens (including phenoxy) is 1. The van der Waals surface area contributed by atoms with Crippen LogP contribution < -0.4 is 10.1 Å². The molecule has 0 fully saturated rings. The maximum Gasteiger partial charge on any atom is 0.189 e. The fraction of sp³-hybridized carbons (Fsp3) is 0.278. The van der Waals surface area contributed by atoms with Gasteiger partial charge in [-0.2, -0.15) is 0 Å². The molecule has 0 aromatic heterocycles. The first-order chi connectivity index (χ1) is 10.1. The molecule has 21 heavy (non-hydrogen) atoms. The van der Waals surface area contributed by atoms with Crippen LogP contribution in [0.1, 0.15) is 29.8 Å². The predicted octanol–water partition coefficient (Wildman–Crippen LogP) is 3.69. The molecule has 3 rings (SSSR count). The van der Waals surface area contributed by atoms with Crippen molar-refractivity contribution in [3.63, 3.8) is 0 Å². The smallest absolute Gasteiger partial charge is 0.189 e. The molecule has 1 N–H and O–H groups in total. The first-order valence-electron chi connectivity index (χ1n) is 7.29. The number of carbonyl (C=O) groups is 1. The monoisotopic (exact) mass is 281 g/mol. The summed E-state index contributed by atoms with van der Waals surface area (Å²) in [5.74, 6) is 0.748. The van der Waals surface area contributed by atoms with Gasteiger partial charge >= 0.3 is 0 Å². The SMILES string of the molecule is CC(C)Oc1ccccc1C(=O)C1Cc2ccccc2N1. The topological polar surface area (TPSA) is 38.3 Å². The van der Waals surface area contributed by atoms with Gasteiger partial charge < -0.3 is 10.1 Å². The van der Waals surface area contributed by atoms with Gasteiger partial charge in [0, 0.05) is 12.1 Å². The van der Waals surface area contributed by atoms with Gasteiger partial charge in [0.1, 0.15) is 5.75 Å². The largest absolute Gasteiger partial charge is 0.490 e. The van der Waals surface area contributed by atoms with Crippen LogP contribution in [0.4, 0.5) is 5.69 Å². The Morgan fingerprint density at radius 1 is 1.14 bits per heavy atom. The van der Waals surface area contributed by atoms with Crippen molar-refractivity contribution in [3.05, 3.63) is 59.7 Å². The van der Waals surface area contributed by atoms with Crippen LogP contribution >= 0.6 is 0 Å². The lowest BCUT2D eigenvalue weighted by Gasteiger charge is -2.16. The van der Waals surface area contributed by atoms with Crippen molar-refractivity contribution in [2.24, 2.45) is 0 Å². The van der Waals surface area contributed by atoms with E-state index in [1.54, 1.807) is 0 Å². The summed E-state index contributed by atoms with van der Waals surface area (Å²) < 4.78 is 5.75. The Kier molecular flexibility index (Phi) is 3.65. The van der Waals surface area contributed by atoms with Crippen molar-refractivity contribution >= 4 is 11.5 Å². The standard InChI is InChI=1S/C18H19NO2/c1-12(2)21-17-10-6-4-8-14(17)18(20)16-11-13-7-3-5-9-15(13)19-16/h3-10,12,16,19H,11H2,1-2H3. The Morgan fingerprint density at radius 3 is 2.62 bits per heavy atom. The summed E-state index contributed by atoms with van der Waals surface area (Å²) in [7, 11) is 0. The number of ketones is 1. The summed E-state index contributed by atoms with van der Waals surface area (Å²) in [5, 5.41) is 3.31. The van der Waals surface area contributed by atoms with Crippen LogP contribution in [0.3, 0.4) is 0 Å². The summed E-state index contributed by atoms with van der Waals surface area (Å²) in [5.41, 5.74) is 2.90. The molecule has 1 aliphatic rings. The summed E-state index contributed by atoms with van der Waals surface area (Å²) in [6.07, 6.45) is 0.776. The third-order valence-electron chi connectivity index (χ3n) is 3.60. The van der Waals surface area contributed by atoms with Gasteiger partial charge in [0.2, 0.25) is 0 Å². The third kappa shape index (κ3) is 2.77. The van der Waals surface area contributed by atoms with Crippen LogP contribution in [0.2, 0.25) is 0 Å². The minimum Gasteiger partial charge on any atom is -0.490 e. The van der Waals surface area contributed by atoms with E-state index in [4.69, 9.17) is 4.74 Å². The van der Waals surface area contributed by atoms with E-state index in [0.29, 0.717) is 11.3 Å². The number of nitrogens with one attached hydrogen (secondary N) is 1. The van der Waals surface area contributed by atoms with E-state index in [-0.39, 0.29) is 17.9 Å². The highest BCUT2D eigenvalue weighted by Crippen LogP contribution is 2.29. The zero-order chi connectivity index (χ0) is 14.8. The quantitative estimate of drug-likeness (QED) is 0.869. The third-order valence-corrected chi connectivity index (χ3v) is 3.60. The first kappa shape index (κ1) is 13.7. The fourth-order valence-electron chi connectivity index (χ4n) is 2.67. The molecule has 3 heteroatoms. The van der Waals surface area contributed by atoms with Gasteiger partial charge in [-0.25, -0.2) is 0 Å². The number of Topliss-reactive ketones (excluding diaryl/α,β-unsaturated/α-hetero) is 1. The molecule has 0 saturated heterocycles. The van der Waals surface area contributed by atoms with Gasteiger partial charge in [0.25, 0.3) is 0 Å². The van der Waals surface area contributed by atoms with Gasteiger partial charge in [0.15, 0.2) is 5.78 Å². The van der Waals surface area contributed by atoms with E-state index in [1.807, 2.05) is 56.3 Å². The van der Waals surface area contributed by atoms with E-state index >= 15 is 0 Å². The molecule has 2 aromatic rings. The highest BCUT2D eigenvalue weighted by Gasteiger charge is 2.28. The summed E-state index contributed by atoms with van der Waals surface area (Å²) >= 11 is 0. The number of benzene rings is 2. The fourth-order valence-corrected chi connectivity index (χ4v) is 2.67. The molecule has 108 valence electrons. The average Bonchev–Trinajstić information content (AvgIpc) is 2.90. The van der Waals surface area contributed by atoms with E-state index < -0.39 is 0 Å². The van der Waals surface area contributed by atoms with Gasteiger partial charge in [-0.05, 0) is 37.6 Å². The molecule has 1 aliphatic heterocycles. The molecule has 0 aliphatic carbocycles. The lowest BCUT2D eigenvalue weighted by molar-refractivity contribution is 0.0966. The second-order valence-electron chi connectivity index (χ2n) is 5.59. The molecular formula is C18H19NO2. The van der Waals surface area contributed by atoms with Crippen molar-refractivity contribution in [2.75, 3.05) is 5.32 Å². The van der Waals surface area contributed by atoms with E-state index in [0.717, 1.165) is 12.1 Å². The normalized spacial score (nSPS) is 16.4. The summed E-state index contributed by atoms with van der Waals surface area (Å²) in [6.45, 7) is 3.93. The second kappa shape index (κ2) is 5.60. The summed E-state index contributed by atoms with van der Waals surface area (Å²) in [4.78, 5) is 12.8. The number of hydrogen-bond donors (Lipinski definition) is 1. The number of para-hydroxylation sites is 2. The van der Waals surface area contributed by atoms with Crippen molar-refractivity contribution in [3.8, 4) is 5.75 Å². The zero-order valence-electron chi connectivity index (χ0n) is 12.3. The molecule has 0 bridgehead atoms. The van der Waals surface area contributed by atoms with Crippen molar-refractivity contribution < 1.29 is 9.53 Å². The molecule has 1 unspecified atom stereocenters. The van der Waals surface area contributed by atoms with Gasteiger partial charge in [0.05, 0.1) is 17.7 Å². The zero-order valence-corrected chi connectivity index (χ0v) is 12.3. The van der Waals surface area contributed by atoms with Crippen LogP contribution in [0.15, 0.2) is 48.5 Å². The van der Waals surface area contributed by atoms with Crippen molar-refractivity contribution in [1.29, 1.82) is 0 Å². The maximum atomic E-state index is 12.8. The second-order valence-corrected chi connectivity index (χ2v) is 5.59. The molecule has 1 heterocycles. The van der Waals surface area contributed by atoms with Gasteiger partial charge in [-0.3, -0.25) is 4.79 Å². The number of fused-ring (bicyclic) bond motifs is 1. The number of carbonyl (C=O) groups excluding carboxylic acids is 1. The Hall–Kier alpha value is -2.29. The summed E-state index contributed by atoms with van der Waals surface area (Å²) in [6, 6.07) is 15.3. The molecule has 0 amide bonds. The van der Waals surface area contributed by atoms with Crippen LogP contribution in [0, 0.1) is 0 Å². The van der Waals surface area contributed by atoms with Gasteiger partial charge in [-0.1, -0.05) is 30.3 Å². The molecule has 1 atom stereocenters. The van der Waals surface area contributed by atoms with E-state index in [1.165, 1.54) is 5.56 Å². The van der Waals surface area contributed by atoms with Crippen molar-refractivity contribution in [2.45, 2.75) is 32.4 Å². The number of rotatable bonds is 4. The highest BCUT2D eigenvalue weighted by molar-refractivity contribution is 6.04. The van der Waals surface area contributed by atoms with Crippen LogP contribution in [0.25, 0.3) is 0 Å². The van der Waals surface area contributed by atoms with Crippen LogP contribution in [0.5, 0.6) is 5.75 Å².